The highest BCUT2D eigenvalue weighted by molar-refractivity contribution is 7.20. The first kappa shape index (κ1) is 46.0. The molecule has 12 rings (SSSR count). The summed E-state index contributed by atoms with van der Waals surface area (Å²) in [5.41, 5.74) is 11.5. The summed E-state index contributed by atoms with van der Waals surface area (Å²) in [4.78, 5) is 28.1. The van der Waals surface area contributed by atoms with E-state index in [1.807, 2.05) is 40.8 Å². The third kappa shape index (κ3) is 10.4. The van der Waals surface area contributed by atoms with E-state index in [0.717, 1.165) is 121 Å². The number of thiophene rings is 2. The van der Waals surface area contributed by atoms with Gasteiger partial charge in [0.1, 0.15) is 9.66 Å². The normalized spacial score (nSPS) is 22.6. The van der Waals surface area contributed by atoms with Crippen molar-refractivity contribution in [2.75, 3.05) is 63.2 Å². The molecule has 6 aromatic heterocycles. The highest BCUT2D eigenvalue weighted by Crippen LogP contribution is 2.42. The maximum absolute atomic E-state index is 5.99. The number of fused-ring (bicyclic) bond motifs is 4. The van der Waals surface area contributed by atoms with Crippen LogP contribution in [0.3, 0.4) is 0 Å². The number of benzene rings is 2. The molecule has 2 aromatic carbocycles. The summed E-state index contributed by atoms with van der Waals surface area (Å²) in [6.07, 6.45) is 14.1. The second-order valence-electron chi connectivity index (χ2n) is 18.1. The Hall–Kier alpha value is -4.46. The van der Waals surface area contributed by atoms with Crippen molar-refractivity contribution in [2.24, 2.45) is 0 Å². The third-order valence-electron chi connectivity index (χ3n) is 13.8. The highest BCUT2D eigenvalue weighted by Gasteiger charge is 2.33. The number of nitrogens with one attached hydrogen (secondary N) is 2. The average Bonchev–Trinajstić information content (AvgIpc) is 4.24. The Morgan fingerprint density at radius 3 is 1.88 bits per heavy atom. The van der Waals surface area contributed by atoms with Crippen LogP contribution in [0.15, 0.2) is 90.2 Å². The van der Waals surface area contributed by atoms with E-state index in [1.165, 1.54) is 49.4 Å². The molecule has 0 radical (unpaired) electrons. The second-order valence-corrected chi connectivity index (χ2v) is 21.9. The molecule has 3 saturated heterocycles. The lowest BCUT2D eigenvalue weighted by Gasteiger charge is -2.26. The van der Waals surface area contributed by atoms with Gasteiger partial charge in [0.15, 0.2) is 12.6 Å². The predicted molar refractivity (Wildman–Crippen MR) is 282 cm³/mol. The largest absolute Gasteiger partial charge is 0.355 e. The van der Waals surface area contributed by atoms with Crippen molar-refractivity contribution in [1.82, 2.24) is 29.7 Å². The molecule has 5 atom stereocenters. The average molecular weight is 987 g/mol. The van der Waals surface area contributed by atoms with E-state index >= 15 is 0 Å². The van der Waals surface area contributed by atoms with Gasteiger partial charge in [0, 0.05) is 95.1 Å². The first-order valence-corrected chi connectivity index (χ1v) is 27.5. The Morgan fingerprint density at radius 1 is 0.662 bits per heavy atom. The number of anilines is 4. The maximum atomic E-state index is 5.99. The fraction of sp³-hybridized carbons (Fsp3) is 0.423. The van der Waals surface area contributed by atoms with Crippen molar-refractivity contribution in [3.63, 3.8) is 0 Å². The number of ether oxygens (including phenoxy) is 4. The highest BCUT2D eigenvalue weighted by atomic mass is 32.1. The summed E-state index contributed by atoms with van der Waals surface area (Å²) in [5, 5.41) is 9.55. The molecule has 2 N–H and O–H groups in total. The van der Waals surface area contributed by atoms with Gasteiger partial charge < -0.3 is 29.6 Å². The summed E-state index contributed by atoms with van der Waals surface area (Å²) in [5.74, 6) is 0.532. The Kier molecular flexibility index (Phi) is 14.4. The molecule has 0 bridgehead atoms. The molecule has 12 nitrogen and oxygen atoms in total. The minimum absolute atomic E-state index is 0.00160. The van der Waals surface area contributed by atoms with E-state index in [0.29, 0.717) is 24.6 Å². The van der Waals surface area contributed by atoms with Gasteiger partial charge in [-0.15, -0.1) is 45.3 Å². The van der Waals surface area contributed by atoms with Gasteiger partial charge >= 0.3 is 0 Å². The topological polar surface area (TPSA) is 119 Å². The van der Waals surface area contributed by atoms with Crippen LogP contribution in [0.4, 0.5) is 22.7 Å². The molecule has 0 amide bonds. The first-order chi connectivity index (χ1) is 33.5. The summed E-state index contributed by atoms with van der Waals surface area (Å²) >= 11 is 6.94. The van der Waals surface area contributed by atoms with Crippen LogP contribution in [0.5, 0.6) is 0 Å². The zero-order valence-electron chi connectivity index (χ0n) is 38.6. The molecule has 0 spiro atoms. The lowest BCUT2D eigenvalue weighted by Crippen LogP contribution is -2.34. The minimum atomic E-state index is -0.0186. The zero-order valence-corrected chi connectivity index (χ0v) is 41.9. The summed E-state index contributed by atoms with van der Waals surface area (Å²) in [7, 11) is 0. The van der Waals surface area contributed by atoms with Gasteiger partial charge in [0.2, 0.25) is 0 Å². The number of pyridine rings is 2. The molecule has 10 heterocycles. The number of hydrogen-bond acceptors (Lipinski definition) is 16. The lowest BCUT2D eigenvalue weighted by molar-refractivity contribution is -0.164. The van der Waals surface area contributed by atoms with Crippen molar-refractivity contribution < 1.29 is 18.9 Å². The third-order valence-corrected chi connectivity index (χ3v) is 17.7. The molecule has 3 fully saturated rings. The lowest BCUT2D eigenvalue weighted by atomic mass is 9.99. The van der Waals surface area contributed by atoms with Crippen LogP contribution in [0, 0.1) is 0 Å². The first-order valence-electron chi connectivity index (χ1n) is 24.1. The SMILES string of the molecule is CC1C(c2cc3c(Nc4ccc5scnc5c4)ccnc3s2)=CCN1CCOC1CCCCO1.CC1C(c2cc3c(Nc4ccc5scnc5c4)ccnc3s2)CCN1CCOC1CCCCO1. The Bertz CT molecular complexity index is 2970. The second kappa shape index (κ2) is 21.3. The zero-order chi connectivity index (χ0) is 45.8. The van der Waals surface area contributed by atoms with Crippen LogP contribution in [0.25, 0.3) is 46.4 Å². The molecule has 68 heavy (non-hydrogen) atoms. The number of rotatable bonds is 14. The van der Waals surface area contributed by atoms with Crippen LogP contribution in [-0.2, 0) is 18.9 Å². The molecular weight excluding hydrogens is 929 g/mol. The fourth-order valence-corrected chi connectivity index (χ4v) is 13.7. The van der Waals surface area contributed by atoms with E-state index in [-0.39, 0.29) is 12.6 Å². The Labute approximate surface area is 413 Å². The summed E-state index contributed by atoms with van der Waals surface area (Å²) < 4.78 is 25.8. The number of likely N-dealkylation sites (tertiary alicyclic amines) is 1. The van der Waals surface area contributed by atoms with Crippen LogP contribution >= 0.6 is 45.3 Å². The minimum Gasteiger partial charge on any atom is -0.355 e. The molecule has 8 aromatic rings. The van der Waals surface area contributed by atoms with E-state index in [2.05, 4.69) is 115 Å². The number of thiazole rings is 2. The maximum Gasteiger partial charge on any atom is 0.157 e. The van der Waals surface area contributed by atoms with E-state index in [4.69, 9.17) is 18.9 Å². The van der Waals surface area contributed by atoms with E-state index in [1.54, 1.807) is 34.0 Å². The molecular formula is C52H58N8O4S4. The summed E-state index contributed by atoms with van der Waals surface area (Å²) in [6.45, 7) is 11.7. The molecule has 5 unspecified atom stereocenters. The van der Waals surface area contributed by atoms with Gasteiger partial charge in [-0.3, -0.25) is 9.80 Å². The van der Waals surface area contributed by atoms with Gasteiger partial charge in [-0.2, -0.15) is 0 Å². The van der Waals surface area contributed by atoms with Crippen LogP contribution in [0.1, 0.15) is 74.5 Å². The molecule has 0 aliphatic carbocycles. The van der Waals surface area contributed by atoms with Crippen molar-refractivity contribution in [3.05, 3.63) is 99.9 Å². The molecule has 354 valence electrons. The monoisotopic (exact) mass is 986 g/mol. The predicted octanol–water partition coefficient (Wildman–Crippen LogP) is 12.7. The molecule has 0 saturated carbocycles. The summed E-state index contributed by atoms with van der Waals surface area (Å²) in [6, 6.07) is 22.3. The Balaban J connectivity index is 0.000000149. The van der Waals surface area contributed by atoms with E-state index < -0.39 is 0 Å². The van der Waals surface area contributed by atoms with Crippen molar-refractivity contribution >= 4 is 115 Å². The van der Waals surface area contributed by atoms with Gasteiger partial charge in [-0.05, 0) is 132 Å². The van der Waals surface area contributed by atoms with Crippen LogP contribution in [0.2, 0.25) is 0 Å². The Morgan fingerprint density at radius 2 is 1.26 bits per heavy atom. The van der Waals surface area contributed by atoms with Crippen molar-refractivity contribution in [2.45, 2.75) is 89.4 Å². The van der Waals surface area contributed by atoms with Crippen LogP contribution < -0.4 is 10.6 Å². The van der Waals surface area contributed by atoms with Crippen molar-refractivity contribution in [3.8, 4) is 0 Å². The standard InChI is InChI=1S/C26H30N4O2S2.C26H28N4O2S2/c2*1-17-19(8-10-30(17)11-13-32-25-4-2-3-12-31-25)24-15-20-21(7-9-27-26(20)34-24)29-18-5-6-23-22(14-18)28-16-33-23/h5-7,9,14-17,19,25H,2-4,8,10-13H2,1H3,(H,27,29);5-9,14-17,25H,2-4,10-13H2,1H3,(H,27,29). The van der Waals surface area contributed by atoms with Gasteiger partial charge in [-0.25, -0.2) is 19.9 Å². The van der Waals surface area contributed by atoms with Gasteiger partial charge in [-0.1, -0.05) is 6.08 Å². The van der Waals surface area contributed by atoms with Crippen LogP contribution in [-0.4, -0.2) is 107 Å². The number of hydrogen-bond donors (Lipinski definition) is 2. The van der Waals surface area contributed by atoms with Gasteiger partial charge in [0.05, 0.1) is 56.0 Å². The molecule has 4 aliphatic heterocycles. The number of nitrogens with zero attached hydrogens (tertiary/aromatic N) is 6. The quantitative estimate of drug-likeness (QED) is 0.108. The van der Waals surface area contributed by atoms with E-state index in [9.17, 15) is 0 Å². The molecule has 16 heteroatoms. The molecule has 4 aliphatic rings. The van der Waals surface area contributed by atoms with Crippen molar-refractivity contribution in [1.29, 1.82) is 0 Å². The number of aromatic nitrogens is 4. The smallest absolute Gasteiger partial charge is 0.157 e. The fourth-order valence-electron chi connectivity index (χ4n) is 9.94. The van der Waals surface area contributed by atoms with Gasteiger partial charge in [0.25, 0.3) is 0 Å².